The zero-order valence-corrected chi connectivity index (χ0v) is 17.6. The molecule has 0 spiro atoms. The first-order valence-electron chi connectivity index (χ1n) is 8.78. The number of halogens is 1. The lowest BCUT2D eigenvalue weighted by atomic mass is 10.1. The van der Waals surface area contributed by atoms with Gasteiger partial charge in [-0.25, -0.2) is 0 Å². The first kappa shape index (κ1) is 21.3. The molecule has 0 fully saturated rings. The fraction of sp³-hybridized carbons (Fsp3) is 0.333. The Hall–Kier alpha value is -1.98. The second-order valence-electron chi connectivity index (χ2n) is 6.54. The minimum atomic E-state index is -0.312. The highest BCUT2D eigenvalue weighted by atomic mass is 35.5. The molecule has 0 aliphatic rings. The van der Waals surface area contributed by atoms with Crippen LogP contribution in [0.1, 0.15) is 31.0 Å². The maximum Gasteiger partial charge on any atom is 0.235 e. The highest BCUT2D eigenvalue weighted by Crippen LogP contribution is 2.24. The molecule has 0 radical (unpaired) electrons. The van der Waals surface area contributed by atoms with Crippen LogP contribution in [0.15, 0.2) is 48.5 Å². The number of anilines is 1. The van der Waals surface area contributed by atoms with Crippen LogP contribution in [0.3, 0.4) is 0 Å². The van der Waals surface area contributed by atoms with Crippen molar-refractivity contribution in [2.75, 3.05) is 18.1 Å². The molecule has 0 aliphatic heterocycles. The van der Waals surface area contributed by atoms with Gasteiger partial charge in [-0.1, -0.05) is 41.4 Å². The van der Waals surface area contributed by atoms with Crippen molar-refractivity contribution < 1.29 is 9.59 Å². The highest BCUT2D eigenvalue weighted by Gasteiger charge is 2.23. The molecule has 2 rings (SSSR count). The summed E-state index contributed by atoms with van der Waals surface area (Å²) < 4.78 is 0. The van der Waals surface area contributed by atoms with Crippen LogP contribution in [0.5, 0.6) is 0 Å². The Bertz CT molecular complexity index is 778. The zero-order valence-electron chi connectivity index (χ0n) is 16.0. The van der Waals surface area contributed by atoms with Gasteiger partial charge < -0.3 is 10.2 Å². The molecule has 2 unspecified atom stereocenters. The number of rotatable bonds is 7. The van der Waals surface area contributed by atoms with E-state index in [-0.39, 0.29) is 28.9 Å². The molecule has 0 saturated carbocycles. The van der Waals surface area contributed by atoms with E-state index in [9.17, 15) is 9.59 Å². The van der Waals surface area contributed by atoms with Gasteiger partial charge in [-0.3, -0.25) is 9.59 Å². The minimum absolute atomic E-state index is 0.00872. The van der Waals surface area contributed by atoms with E-state index >= 15 is 0 Å². The minimum Gasteiger partial charge on any atom is -0.338 e. The molecule has 0 aromatic heterocycles. The van der Waals surface area contributed by atoms with Crippen molar-refractivity contribution in [1.29, 1.82) is 0 Å². The summed E-state index contributed by atoms with van der Waals surface area (Å²) in [5, 5.41) is 3.21. The Labute approximate surface area is 170 Å². The molecule has 4 nitrogen and oxygen atoms in total. The van der Waals surface area contributed by atoms with Crippen LogP contribution in [0.2, 0.25) is 5.02 Å². The van der Waals surface area contributed by atoms with E-state index in [0.29, 0.717) is 5.02 Å². The molecule has 0 aliphatic carbocycles. The molecule has 6 heteroatoms. The number of benzene rings is 2. The fourth-order valence-electron chi connectivity index (χ4n) is 2.55. The van der Waals surface area contributed by atoms with E-state index < -0.39 is 0 Å². The molecule has 2 aromatic rings. The Kier molecular flexibility index (Phi) is 7.75. The smallest absolute Gasteiger partial charge is 0.235 e. The van der Waals surface area contributed by atoms with Gasteiger partial charge in [-0.05, 0) is 50.6 Å². The third-order valence-corrected chi connectivity index (χ3v) is 5.81. The SMILES string of the molecule is Cc1ccc(NC(=O)CSC(C)C(=O)N(C)C(C)c2ccc(Cl)cc2)cc1. The van der Waals surface area contributed by atoms with Crippen LogP contribution in [-0.4, -0.2) is 34.8 Å². The molecule has 1 N–H and O–H groups in total. The van der Waals surface area contributed by atoms with Gasteiger partial charge in [0.2, 0.25) is 11.8 Å². The normalized spacial score (nSPS) is 12.9. The Morgan fingerprint density at radius 1 is 1.07 bits per heavy atom. The summed E-state index contributed by atoms with van der Waals surface area (Å²) in [6, 6.07) is 15.0. The lowest BCUT2D eigenvalue weighted by Crippen LogP contribution is -2.35. The maximum absolute atomic E-state index is 12.7. The van der Waals surface area contributed by atoms with Crippen molar-refractivity contribution in [3.8, 4) is 0 Å². The number of hydrogen-bond acceptors (Lipinski definition) is 3. The number of amides is 2. The van der Waals surface area contributed by atoms with Crippen LogP contribution >= 0.6 is 23.4 Å². The summed E-state index contributed by atoms with van der Waals surface area (Å²) in [5.41, 5.74) is 2.92. The van der Waals surface area contributed by atoms with E-state index in [1.807, 2.05) is 69.3 Å². The van der Waals surface area contributed by atoms with E-state index in [1.165, 1.54) is 11.8 Å². The lowest BCUT2D eigenvalue weighted by molar-refractivity contribution is -0.130. The first-order chi connectivity index (χ1) is 12.8. The average molecular weight is 405 g/mol. The second kappa shape index (κ2) is 9.81. The van der Waals surface area contributed by atoms with Gasteiger partial charge >= 0.3 is 0 Å². The molecule has 0 saturated heterocycles. The van der Waals surface area contributed by atoms with Crippen molar-refractivity contribution >= 4 is 40.9 Å². The summed E-state index contributed by atoms with van der Waals surface area (Å²) in [7, 11) is 1.78. The number of nitrogens with zero attached hydrogens (tertiary/aromatic N) is 1. The maximum atomic E-state index is 12.7. The van der Waals surface area contributed by atoms with Gasteiger partial charge in [0.15, 0.2) is 0 Å². The van der Waals surface area contributed by atoms with E-state index in [4.69, 9.17) is 11.6 Å². The Morgan fingerprint density at radius 3 is 2.26 bits per heavy atom. The highest BCUT2D eigenvalue weighted by molar-refractivity contribution is 8.01. The van der Waals surface area contributed by atoms with Crippen LogP contribution in [0, 0.1) is 6.92 Å². The predicted octanol–water partition coefficient (Wildman–Crippen LogP) is 4.93. The number of carbonyl (C=O) groups excluding carboxylic acids is 2. The zero-order chi connectivity index (χ0) is 20.0. The fourth-order valence-corrected chi connectivity index (χ4v) is 3.46. The Morgan fingerprint density at radius 2 is 1.67 bits per heavy atom. The summed E-state index contributed by atoms with van der Waals surface area (Å²) in [5.74, 6) is 0.103. The molecule has 2 amide bonds. The van der Waals surface area contributed by atoms with Gasteiger partial charge in [0.1, 0.15) is 0 Å². The van der Waals surface area contributed by atoms with Gasteiger partial charge in [-0.2, -0.15) is 0 Å². The van der Waals surface area contributed by atoms with Gasteiger partial charge in [0.05, 0.1) is 17.0 Å². The molecule has 144 valence electrons. The Balaban J connectivity index is 1.85. The quantitative estimate of drug-likeness (QED) is 0.711. The molecule has 2 atom stereocenters. The largest absolute Gasteiger partial charge is 0.338 e. The van der Waals surface area contributed by atoms with Crippen molar-refractivity contribution in [3.05, 3.63) is 64.7 Å². The van der Waals surface area contributed by atoms with Crippen molar-refractivity contribution in [1.82, 2.24) is 4.90 Å². The van der Waals surface area contributed by atoms with Crippen molar-refractivity contribution in [2.24, 2.45) is 0 Å². The summed E-state index contributed by atoms with van der Waals surface area (Å²) in [4.78, 5) is 26.5. The van der Waals surface area contributed by atoms with Crippen LogP contribution < -0.4 is 5.32 Å². The van der Waals surface area contributed by atoms with Crippen LogP contribution in [0.4, 0.5) is 5.69 Å². The van der Waals surface area contributed by atoms with Crippen molar-refractivity contribution in [3.63, 3.8) is 0 Å². The summed E-state index contributed by atoms with van der Waals surface area (Å²) in [6.45, 7) is 5.80. The van der Waals surface area contributed by atoms with Gasteiger partial charge in [0.25, 0.3) is 0 Å². The van der Waals surface area contributed by atoms with Gasteiger partial charge in [-0.15, -0.1) is 11.8 Å². The monoisotopic (exact) mass is 404 g/mol. The molecule has 0 heterocycles. The number of thioether (sulfide) groups is 1. The van der Waals surface area contributed by atoms with E-state index in [0.717, 1.165) is 16.8 Å². The number of hydrogen-bond donors (Lipinski definition) is 1. The molecule has 0 bridgehead atoms. The molecular weight excluding hydrogens is 380 g/mol. The first-order valence-corrected chi connectivity index (χ1v) is 10.2. The van der Waals surface area contributed by atoms with E-state index in [2.05, 4.69) is 5.32 Å². The van der Waals surface area contributed by atoms with Crippen molar-refractivity contribution in [2.45, 2.75) is 32.1 Å². The van der Waals surface area contributed by atoms with Crippen LogP contribution in [0.25, 0.3) is 0 Å². The van der Waals surface area contributed by atoms with Crippen LogP contribution in [-0.2, 0) is 9.59 Å². The second-order valence-corrected chi connectivity index (χ2v) is 8.31. The average Bonchev–Trinajstić information content (AvgIpc) is 2.66. The topological polar surface area (TPSA) is 49.4 Å². The molecule has 2 aromatic carbocycles. The molecular formula is C21H25ClN2O2S. The third kappa shape index (κ3) is 6.29. The van der Waals surface area contributed by atoms with Gasteiger partial charge in [0, 0.05) is 17.8 Å². The number of carbonyl (C=O) groups is 2. The summed E-state index contributed by atoms with van der Waals surface area (Å²) in [6.07, 6.45) is 0. The number of nitrogens with one attached hydrogen (secondary N) is 1. The standard InChI is InChI=1S/C21H25ClN2O2S/c1-14-5-11-19(12-6-14)23-20(25)13-27-16(3)21(26)24(4)15(2)17-7-9-18(22)10-8-17/h5-12,15-16H,13H2,1-4H3,(H,23,25). The number of aryl methyl sites for hydroxylation is 1. The third-order valence-electron chi connectivity index (χ3n) is 4.43. The molecule has 27 heavy (non-hydrogen) atoms. The lowest BCUT2D eigenvalue weighted by Gasteiger charge is -2.28. The summed E-state index contributed by atoms with van der Waals surface area (Å²) >= 11 is 7.26. The predicted molar refractivity (Wildman–Crippen MR) is 114 cm³/mol. The van der Waals surface area contributed by atoms with E-state index in [1.54, 1.807) is 11.9 Å².